The summed E-state index contributed by atoms with van der Waals surface area (Å²) in [5.74, 6) is -0.0389. The molecule has 118 valence electrons. The molecular weight excluding hydrogens is 266 g/mol. The minimum Gasteiger partial charge on any atom is -0.377 e. The zero-order valence-electron chi connectivity index (χ0n) is 13.4. The third-order valence-electron chi connectivity index (χ3n) is 3.43. The SMILES string of the molecule is CC(C)OCCN(C)C(C)C(=O)Nc1ccccc1CN. The molecule has 0 radical (unpaired) electrons. The number of benzene rings is 1. The highest BCUT2D eigenvalue weighted by Crippen LogP contribution is 2.14. The number of nitrogens with zero attached hydrogens (tertiary/aromatic N) is 1. The number of nitrogens with one attached hydrogen (secondary N) is 1. The van der Waals surface area contributed by atoms with Crippen LogP contribution in [0.1, 0.15) is 26.3 Å². The van der Waals surface area contributed by atoms with Gasteiger partial charge in [0.05, 0.1) is 18.8 Å². The topological polar surface area (TPSA) is 67.6 Å². The monoisotopic (exact) mass is 293 g/mol. The Hall–Kier alpha value is -1.43. The van der Waals surface area contributed by atoms with Crippen LogP contribution in [0, 0.1) is 0 Å². The molecule has 0 saturated carbocycles. The van der Waals surface area contributed by atoms with Gasteiger partial charge in [-0.2, -0.15) is 0 Å². The van der Waals surface area contributed by atoms with Crippen molar-refractivity contribution in [3.8, 4) is 0 Å². The van der Waals surface area contributed by atoms with E-state index in [9.17, 15) is 4.79 Å². The Balaban J connectivity index is 2.53. The van der Waals surface area contributed by atoms with Crippen LogP contribution < -0.4 is 11.1 Å². The van der Waals surface area contributed by atoms with E-state index in [0.717, 1.165) is 11.3 Å². The molecule has 1 unspecified atom stereocenters. The molecule has 1 rings (SSSR count). The van der Waals surface area contributed by atoms with E-state index in [2.05, 4.69) is 5.32 Å². The molecule has 1 amide bonds. The Morgan fingerprint density at radius 3 is 2.62 bits per heavy atom. The highest BCUT2D eigenvalue weighted by Gasteiger charge is 2.18. The predicted molar refractivity (Wildman–Crippen MR) is 86.1 cm³/mol. The zero-order valence-corrected chi connectivity index (χ0v) is 13.4. The summed E-state index contributed by atoms with van der Waals surface area (Å²) in [7, 11) is 1.92. The van der Waals surface area contributed by atoms with E-state index in [4.69, 9.17) is 10.5 Å². The first kappa shape index (κ1) is 17.6. The quantitative estimate of drug-likeness (QED) is 0.767. The highest BCUT2D eigenvalue weighted by atomic mass is 16.5. The third kappa shape index (κ3) is 5.83. The van der Waals surface area contributed by atoms with Gasteiger partial charge in [0.2, 0.25) is 5.91 Å². The average molecular weight is 293 g/mol. The average Bonchev–Trinajstić information content (AvgIpc) is 2.46. The van der Waals surface area contributed by atoms with E-state index in [0.29, 0.717) is 19.7 Å². The minimum atomic E-state index is -0.230. The minimum absolute atomic E-state index is 0.0389. The van der Waals surface area contributed by atoms with E-state index in [-0.39, 0.29) is 18.1 Å². The van der Waals surface area contributed by atoms with Gasteiger partial charge in [-0.1, -0.05) is 18.2 Å². The van der Waals surface area contributed by atoms with Crippen molar-refractivity contribution in [1.82, 2.24) is 4.90 Å². The lowest BCUT2D eigenvalue weighted by Gasteiger charge is -2.24. The fraction of sp³-hybridized carbons (Fsp3) is 0.562. The summed E-state index contributed by atoms with van der Waals surface area (Å²) < 4.78 is 5.51. The van der Waals surface area contributed by atoms with Crippen LogP contribution in [0.25, 0.3) is 0 Å². The summed E-state index contributed by atoms with van der Waals surface area (Å²) in [5.41, 5.74) is 7.39. The number of para-hydroxylation sites is 1. The van der Waals surface area contributed by atoms with Crippen LogP contribution in [-0.2, 0) is 16.1 Å². The van der Waals surface area contributed by atoms with Gasteiger partial charge in [-0.15, -0.1) is 0 Å². The molecule has 0 aliphatic rings. The van der Waals surface area contributed by atoms with Gasteiger partial charge in [-0.25, -0.2) is 0 Å². The molecule has 5 heteroatoms. The molecule has 0 bridgehead atoms. The first-order valence-corrected chi connectivity index (χ1v) is 7.36. The Morgan fingerprint density at radius 1 is 1.33 bits per heavy atom. The second-order valence-corrected chi connectivity index (χ2v) is 5.43. The zero-order chi connectivity index (χ0) is 15.8. The second kappa shape index (κ2) is 8.77. The van der Waals surface area contributed by atoms with Crippen molar-refractivity contribution in [3.05, 3.63) is 29.8 Å². The van der Waals surface area contributed by atoms with Crippen LogP contribution >= 0.6 is 0 Å². The fourth-order valence-corrected chi connectivity index (χ4v) is 1.88. The Kier molecular flexibility index (Phi) is 7.36. The van der Waals surface area contributed by atoms with Crippen LogP contribution in [0.2, 0.25) is 0 Å². The van der Waals surface area contributed by atoms with E-state index in [1.165, 1.54) is 0 Å². The molecule has 3 N–H and O–H groups in total. The first-order valence-electron chi connectivity index (χ1n) is 7.36. The predicted octanol–water partition coefficient (Wildman–Crippen LogP) is 1.83. The highest BCUT2D eigenvalue weighted by molar-refractivity contribution is 5.95. The summed E-state index contributed by atoms with van der Waals surface area (Å²) in [4.78, 5) is 14.3. The van der Waals surface area contributed by atoms with Gasteiger partial charge in [0.1, 0.15) is 0 Å². The number of amides is 1. The molecule has 0 fully saturated rings. The van der Waals surface area contributed by atoms with Crippen molar-refractivity contribution in [2.24, 2.45) is 5.73 Å². The van der Waals surface area contributed by atoms with Gasteiger partial charge >= 0.3 is 0 Å². The first-order chi connectivity index (χ1) is 9.95. The molecule has 1 atom stereocenters. The lowest BCUT2D eigenvalue weighted by molar-refractivity contribution is -0.120. The van der Waals surface area contributed by atoms with E-state index >= 15 is 0 Å². The van der Waals surface area contributed by atoms with Gasteiger partial charge in [0, 0.05) is 18.8 Å². The largest absolute Gasteiger partial charge is 0.377 e. The summed E-state index contributed by atoms with van der Waals surface area (Å²) in [6.45, 7) is 7.62. The Morgan fingerprint density at radius 2 is 2.00 bits per heavy atom. The number of ether oxygens (including phenoxy) is 1. The van der Waals surface area contributed by atoms with E-state index < -0.39 is 0 Å². The van der Waals surface area contributed by atoms with E-state index in [1.807, 2.05) is 57.0 Å². The van der Waals surface area contributed by atoms with Gasteiger partial charge in [0.15, 0.2) is 0 Å². The molecule has 21 heavy (non-hydrogen) atoms. The summed E-state index contributed by atoms with van der Waals surface area (Å²) >= 11 is 0. The number of hydrogen-bond acceptors (Lipinski definition) is 4. The Bertz CT molecular complexity index is 449. The van der Waals surface area contributed by atoms with Gasteiger partial charge in [-0.05, 0) is 39.4 Å². The maximum absolute atomic E-state index is 12.3. The molecule has 0 aliphatic heterocycles. The number of rotatable bonds is 8. The molecule has 0 spiro atoms. The number of anilines is 1. The van der Waals surface area contributed by atoms with Gasteiger partial charge < -0.3 is 15.8 Å². The third-order valence-corrected chi connectivity index (χ3v) is 3.43. The smallest absolute Gasteiger partial charge is 0.241 e. The lowest BCUT2D eigenvalue weighted by Crippen LogP contribution is -2.41. The van der Waals surface area contributed by atoms with Crippen LogP contribution in [0.4, 0.5) is 5.69 Å². The van der Waals surface area contributed by atoms with Crippen LogP contribution in [0.3, 0.4) is 0 Å². The summed E-state index contributed by atoms with van der Waals surface area (Å²) in [6, 6.07) is 7.36. The molecule has 5 nitrogen and oxygen atoms in total. The van der Waals surface area contributed by atoms with Gasteiger partial charge in [0.25, 0.3) is 0 Å². The molecule has 0 aliphatic carbocycles. The van der Waals surface area contributed by atoms with Crippen LogP contribution in [0.15, 0.2) is 24.3 Å². The number of hydrogen-bond donors (Lipinski definition) is 2. The van der Waals surface area contributed by atoms with Crippen LogP contribution in [-0.4, -0.2) is 43.2 Å². The molecule has 0 heterocycles. The lowest BCUT2D eigenvalue weighted by atomic mass is 10.1. The fourth-order valence-electron chi connectivity index (χ4n) is 1.88. The molecule has 1 aromatic rings. The normalized spacial score (nSPS) is 12.7. The van der Waals surface area contributed by atoms with Crippen molar-refractivity contribution in [1.29, 1.82) is 0 Å². The van der Waals surface area contributed by atoms with Crippen LogP contribution in [0.5, 0.6) is 0 Å². The van der Waals surface area contributed by atoms with Crippen molar-refractivity contribution < 1.29 is 9.53 Å². The van der Waals surface area contributed by atoms with Gasteiger partial charge in [-0.3, -0.25) is 9.69 Å². The maximum Gasteiger partial charge on any atom is 0.241 e. The molecule has 0 saturated heterocycles. The van der Waals surface area contributed by atoms with Crippen molar-refractivity contribution in [2.75, 3.05) is 25.5 Å². The van der Waals surface area contributed by atoms with Crippen molar-refractivity contribution in [3.63, 3.8) is 0 Å². The number of carbonyl (C=O) groups excluding carboxylic acids is 1. The van der Waals surface area contributed by atoms with E-state index in [1.54, 1.807) is 0 Å². The summed E-state index contributed by atoms with van der Waals surface area (Å²) in [5, 5.41) is 2.94. The molecule has 1 aromatic carbocycles. The number of nitrogens with two attached hydrogens (primary N) is 1. The van der Waals surface area contributed by atoms with Crippen molar-refractivity contribution in [2.45, 2.75) is 39.5 Å². The van der Waals surface area contributed by atoms with Crippen molar-refractivity contribution >= 4 is 11.6 Å². The molecular formula is C16H27N3O2. The summed E-state index contributed by atoms with van der Waals surface area (Å²) in [6.07, 6.45) is 0.207. The second-order valence-electron chi connectivity index (χ2n) is 5.43. The number of carbonyl (C=O) groups is 1. The maximum atomic E-state index is 12.3. The number of likely N-dealkylation sites (N-methyl/N-ethyl adjacent to an activating group) is 1. The Labute approximate surface area is 127 Å². The molecule has 0 aromatic heterocycles. The standard InChI is InChI=1S/C16H27N3O2/c1-12(2)21-10-9-19(4)13(3)16(20)18-15-8-6-5-7-14(15)11-17/h5-8,12-13H,9-11,17H2,1-4H3,(H,18,20).